The van der Waals surface area contributed by atoms with Crippen LogP contribution in [0, 0.1) is 11.2 Å². The van der Waals surface area contributed by atoms with Crippen LogP contribution in [0.4, 0.5) is 23.7 Å². The second-order valence-electron chi connectivity index (χ2n) is 8.15. The molecule has 1 aromatic carbocycles. The van der Waals surface area contributed by atoms with Crippen molar-refractivity contribution in [2.45, 2.75) is 52.2 Å². The Kier molecular flexibility index (Phi) is 8.45. The Labute approximate surface area is 177 Å². The molecule has 0 fully saturated rings. The SMILES string of the molecule is CC(O)C(C)(C)C.CC1(c2cc(N=[N+]=[N-])ccc2F)N=C(NC(=O)O)COCC1(F)F. The van der Waals surface area contributed by atoms with Crippen LogP contribution in [0.5, 0.6) is 0 Å². The number of aliphatic hydroxyl groups excluding tert-OH is 1. The zero-order valence-corrected chi connectivity index (χ0v) is 17.9. The lowest BCUT2D eigenvalue weighted by Crippen LogP contribution is -2.45. The van der Waals surface area contributed by atoms with E-state index in [4.69, 9.17) is 20.5 Å². The summed E-state index contributed by atoms with van der Waals surface area (Å²) in [5.41, 5.74) is 5.39. The van der Waals surface area contributed by atoms with Gasteiger partial charge in [0.15, 0.2) is 5.54 Å². The number of azide groups is 1. The fraction of sp³-hybridized carbons (Fsp3) is 0.579. The lowest BCUT2D eigenvalue weighted by Gasteiger charge is -2.33. The molecule has 1 heterocycles. The Hall–Kier alpha value is -2.82. The van der Waals surface area contributed by atoms with Crippen molar-refractivity contribution in [1.82, 2.24) is 5.32 Å². The molecule has 1 amide bonds. The molecule has 1 aromatic rings. The maximum absolute atomic E-state index is 14.5. The van der Waals surface area contributed by atoms with Crippen LogP contribution in [0.3, 0.4) is 0 Å². The lowest BCUT2D eigenvalue weighted by atomic mass is 9.85. The van der Waals surface area contributed by atoms with Gasteiger partial charge in [0.25, 0.3) is 5.92 Å². The number of hydrogen-bond donors (Lipinski definition) is 3. The molecule has 1 aliphatic heterocycles. The van der Waals surface area contributed by atoms with Gasteiger partial charge in [-0.1, -0.05) is 25.9 Å². The van der Waals surface area contributed by atoms with Gasteiger partial charge >= 0.3 is 6.09 Å². The molecule has 0 saturated heterocycles. The van der Waals surface area contributed by atoms with Gasteiger partial charge in [-0.2, -0.15) is 0 Å². The highest BCUT2D eigenvalue weighted by Crippen LogP contribution is 2.44. The Morgan fingerprint density at radius 2 is 2.00 bits per heavy atom. The zero-order valence-electron chi connectivity index (χ0n) is 17.9. The number of carboxylic acid groups (broad SMARTS) is 1. The first-order valence-electron chi connectivity index (χ1n) is 9.21. The van der Waals surface area contributed by atoms with E-state index in [0.29, 0.717) is 0 Å². The van der Waals surface area contributed by atoms with Crippen LogP contribution >= 0.6 is 0 Å². The van der Waals surface area contributed by atoms with Gasteiger partial charge in [-0.3, -0.25) is 10.3 Å². The lowest BCUT2D eigenvalue weighted by molar-refractivity contribution is -0.116. The molecule has 0 saturated carbocycles. The summed E-state index contributed by atoms with van der Waals surface area (Å²) in [6.07, 6.45) is -1.72. The number of nitrogens with one attached hydrogen (secondary N) is 1. The Morgan fingerprint density at radius 3 is 2.48 bits per heavy atom. The van der Waals surface area contributed by atoms with Crippen molar-refractivity contribution in [2.75, 3.05) is 13.2 Å². The molecule has 0 radical (unpaired) electrons. The molecule has 12 heteroatoms. The molecule has 2 unspecified atom stereocenters. The monoisotopic (exact) mass is 445 g/mol. The topological polar surface area (TPSA) is 140 Å². The molecule has 9 nitrogen and oxygen atoms in total. The van der Waals surface area contributed by atoms with Gasteiger partial charge in [0.05, 0.1) is 6.10 Å². The molecule has 2 rings (SSSR count). The molecule has 1 aliphatic rings. The van der Waals surface area contributed by atoms with E-state index < -0.39 is 48.0 Å². The number of ether oxygens (including phenoxy) is 1. The zero-order chi connectivity index (χ0) is 24.0. The van der Waals surface area contributed by atoms with Crippen molar-refractivity contribution in [2.24, 2.45) is 15.5 Å². The first kappa shape index (κ1) is 26.2. The van der Waals surface area contributed by atoms with Crippen molar-refractivity contribution < 1.29 is 32.9 Å². The third kappa shape index (κ3) is 6.84. The van der Waals surface area contributed by atoms with Crippen LogP contribution in [0.2, 0.25) is 0 Å². The number of benzene rings is 1. The van der Waals surface area contributed by atoms with Gasteiger partial charge < -0.3 is 14.9 Å². The summed E-state index contributed by atoms with van der Waals surface area (Å²) in [6.45, 7) is 7.19. The molecule has 0 aromatic heterocycles. The summed E-state index contributed by atoms with van der Waals surface area (Å²) in [5.74, 6) is -5.05. The van der Waals surface area contributed by atoms with Crippen molar-refractivity contribution in [3.8, 4) is 0 Å². The van der Waals surface area contributed by atoms with Crippen LogP contribution in [-0.4, -0.2) is 47.4 Å². The maximum atomic E-state index is 14.5. The van der Waals surface area contributed by atoms with Gasteiger partial charge in [0.1, 0.15) is 24.9 Å². The van der Waals surface area contributed by atoms with Gasteiger partial charge in [-0.15, -0.1) is 0 Å². The third-order valence-corrected chi connectivity index (χ3v) is 4.73. The summed E-state index contributed by atoms with van der Waals surface area (Å²) in [4.78, 5) is 17.0. The van der Waals surface area contributed by atoms with Crippen molar-refractivity contribution in [3.05, 3.63) is 40.0 Å². The molecular formula is C19H26F3N5O4. The number of amides is 1. The maximum Gasteiger partial charge on any atom is 0.410 e. The quantitative estimate of drug-likeness (QED) is 0.344. The highest BCUT2D eigenvalue weighted by molar-refractivity contribution is 5.95. The van der Waals surface area contributed by atoms with E-state index in [1.165, 1.54) is 0 Å². The van der Waals surface area contributed by atoms with E-state index in [2.05, 4.69) is 15.0 Å². The van der Waals surface area contributed by atoms with E-state index in [1.807, 2.05) is 26.1 Å². The van der Waals surface area contributed by atoms with Gasteiger partial charge in [0.2, 0.25) is 0 Å². The number of alkyl halides is 2. The molecule has 31 heavy (non-hydrogen) atoms. The molecule has 0 spiro atoms. The standard InChI is InChI=1S/C13H12F3N5O3.C6H14O/c1-12(8-4-7(20-21-17)2-3-9(8)14)13(15,16)6-24-5-10(19-12)18-11(22)23;1-5(7)6(2,3)4/h2-4H,5-6H2,1H3,(H,18,19)(H,22,23);5,7H,1-4H3. The van der Waals surface area contributed by atoms with Crippen LogP contribution in [0.15, 0.2) is 28.3 Å². The second kappa shape index (κ2) is 9.99. The Bertz CT molecular complexity index is 880. The number of halogens is 3. The Balaban J connectivity index is 0.000000592. The van der Waals surface area contributed by atoms with E-state index in [0.717, 1.165) is 25.1 Å². The number of aliphatic hydroxyl groups is 1. The fourth-order valence-corrected chi connectivity index (χ4v) is 2.25. The smallest absolute Gasteiger partial charge is 0.410 e. The number of amidine groups is 1. The van der Waals surface area contributed by atoms with E-state index in [1.54, 1.807) is 6.92 Å². The average molecular weight is 445 g/mol. The van der Waals surface area contributed by atoms with Gasteiger partial charge in [0, 0.05) is 16.2 Å². The largest absolute Gasteiger partial charge is 0.465 e. The highest BCUT2D eigenvalue weighted by Gasteiger charge is 2.54. The number of rotatable bonds is 2. The molecule has 0 bridgehead atoms. The third-order valence-electron chi connectivity index (χ3n) is 4.73. The first-order valence-corrected chi connectivity index (χ1v) is 9.21. The summed E-state index contributed by atoms with van der Waals surface area (Å²) >= 11 is 0. The average Bonchev–Trinajstić information content (AvgIpc) is 2.72. The normalized spacial score (nSPS) is 21.4. The van der Waals surface area contributed by atoms with E-state index >= 15 is 0 Å². The van der Waals surface area contributed by atoms with Crippen LogP contribution < -0.4 is 5.32 Å². The molecule has 172 valence electrons. The number of carbonyl (C=O) groups is 1. The minimum atomic E-state index is -3.65. The van der Waals surface area contributed by atoms with Gasteiger partial charge in [-0.05, 0) is 43.0 Å². The van der Waals surface area contributed by atoms with Crippen LogP contribution in [0.1, 0.15) is 40.2 Å². The first-order chi connectivity index (χ1) is 14.1. The molecular weight excluding hydrogens is 419 g/mol. The highest BCUT2D eigenvalue weighted by atomic mass is 19.3. The second-order valence-corrected chi connectivity index (χ2v) is 8.15. The number of nitrogens with zero attached hydrogens (tertiary/aromatic N) is 4. The van der Waals surface area contributed by atoms with Crippen LogP contribution in [-0.2, 0) is 10.3 Å². The number of hydrogen-bond acceptors (Lipinski definition) is 5. The van der Waals surface area contributed by atoms with Gasteiger partial charge in [-0.25, -0.2) is 18.0 Å². The predicted molar refractivity (Wildman–Crippen MR) is 108 cm³/mol. The molecule has 2 atom stereocenters. The van der Waals surface area contributed by atoms with Crippen molar-refractivity contribution in [3.63, 3.8) is 0 Å². The minimum absolute atomic E-state index is 0.0556. The Morgan fingerprint density at radius 1 is 1.42 bits per heavy atom. The minimum Gasteiger partial charge on any atom is -0.465 e. The number of aliphatic imine (C=N–C) groups is 1. The van der Waals surface area contributed by atoms with Crippen molar-refractivity contribution >= 4 is 17.6 Å². The summed E-state index contributed by atoms with van der Waals surface area (Å²) < 4.78 is 48.0. The molecule has 0 aliphatic carbocycles. The summed E-state index contributed by atoms with van der Waals surface area (Å²) in [6, 6.07) is 2.93. The van der Waals surface area contributed by atoms with Crippen LogP contribution in [0.25, 0.3) is 10.4 Å². The van der Waals surface area contributed by atoms with E-state index in [9.17, 15) is 18.0 Å². The van der Waals surface area contributed by atoms with Crippen molar-refractivity contribution in [1.29, 1.82) is 0 Å². The molecule has 3 N–H and O–H groups in total. The van der Waals surface area contributed by atoms with E-state index in [-0.39, 0.29) is 17.2 Å². The summed E-state index contributed by atoms with van der Waals surface area (Å²) in [7, 11) is 0. The summed E-state index contributed by atoms with van der Waals surface area (Å²) in [5, 5.41) is 22.7. The predicted octanol–water partition coefficient (Wildman–Crippen LogP) is 4.73. The fourth-order valence-electron chi connectivity index (χ4n) is 2.25.